The second-order valence-corrected chi connectivity index (χ2v) is 5.75. The van der Waals surface area contributed by atoms with Gasteiger partial charge in [0.15, 0.2) is 0 Å². The number of piperazine rings is 1. The molecule has 1 saturated heterocycles. The monoisotopic (exact) mass is 246 g/mol. The van der Waals surface area contributed by atoms with E-state index < -0.39 is 0 Å². The number of nitrogens with zero attached hydrogens (tertiary/aromatic N) is 1. The van der Waals surface area contributed by atoms with Crippen molar-refractivity contribution in [3.63, 3.8) is 0 Å². The van der Waals surface area contributed by atoms with Gasteiger partial charge in [-0.1, -0.05) is 29.8 Å². The van der Waals surface area contributed by atoms with Crippen molar-refractivity contribution in [2.75, 3.05) is 19.6 Å². The Labute approximate surface area is 111 Å². The van der Waals surface area contributed by atoms with Gasteiger partial charge in [0.05, 0.1) is 0 Å². The number of rotatable bonds is 4. The second kappa shape index (κ2) is 6.35. The van der Waals surface area contributed by atoms with Crippen molar-refractivity contribution >= 4 is 0 Å². The molecule has 1 aromatic rings. The van der Waals surface area contributed by atoms with Crippen LogP contribution in [0, 0.1) is 6.92 Å². The summed E-state index contributed by atoms with van der Waals surface area (Å²) >= 11 is 0. The summed E-state index contributed by atoms with van der Waals surface area (Å²) in [5.74, 6) is 0. The van der Waals surface area contributed by atoms with E-state index >= 15 is 0 Å². The van der Waals surface area contributed by atoms with Crippen molar-refractivity contribution in [2.24, 2.45) is 0 Å². The molecule has 1 aliphatic rings. The Morgan fingerprint density at radius 2 is 2.17 bits per heavy atom. The van der Waals surface area contributed by atoms with E-state index in [9.17, 15) is 0 Å². The summed E-state index contributed by atoms with van der Waals surface area (Å²) in [5, 5.41) is 3.54. The molecule has 1 fully saturated rings. The highest BCUT2D eigenvalue weighted by molar-refractivity contribution is 5.22. The van der Waals surface area contributed by atoms with Crippen LogP contribution in [0.1, 0.15) is 31.4 Å². The molecule has 0 amide bonds. The predicted octanol–water partition coefficient (Wildman–Crippen LogP) is 2.61. The van der Waals surface area contributed by atoms with Crippen molar-refractivity contribution in [1.29, 1.82) is 0 Å². The minimum Gasteiger partial charge on any atom is -0.311 e. The van der Waals surface area contributed by atoms with Crippen LogP contribution >= 0.6 is 0 Å². The van der Waals surface area contributed by atoms with Gasteiger partial charge in [-0.3, -0.25) is 4.90 Å². The number of hydrogen-bond donors (Lipinski definition) is 1. The summed E-state index contributed by atoms with van der Waals surface area (Å²) in [6.45, 7) is 10.3. The van der Waals surface area contributed by atoms with Crippen molar-refractivity contribution in [2.45, 2.75) is 45.7 Å². The van der Waals surface area contributed by atoms with Crippen molar-refractivity contribution in [1.82, 2.24) is 10.2 Å². The SMILES string of the molecule is Cc1cccc(CCCN2C[C@H](C)NC[C@H]2C)c1. The lowest BCUT2D eigenvalue weighted by molar-refractivity contribution is 0.145. The lowest BCUT2D eigenvalue weighted by atomic mass is 10.1. The summed E-state index contributed by atoms with van der Waals surface area (Å²) in [4.78, 5) is 2.62. The Morgan fingerprint density at radius 1 is 1.33 bits per heavy atom. The van der Waals surface area contributed by atoms with Crippen LogP contribution in [0.2, 0.25) is 0 Å². The first kappa shape index (κ1) is 13.6. The van der Waals surface area contributed by atoms with Gasteiger partial charge >= 0.3 is 0 Å². The fourth-order valence-electron chi connectivity index (χ4n) is 2.76. The number of hydrogen-bond acceptors (Lipinski definition) is 2. The molecular weight excluding hydrogens is 220 g/mol. The Balaban J connectivity index is 1.77. The quantitative estimate of drug-likeness (QED) is 0.878. The number of benzene rings is 1. The Bertz CT molecular complexity index is 375. The first-order valence-corrected chi connectivity index (χ1v) is 7.18. The van der Waals surface area contributed by atoms with E-state index in [0.717, 1.165) is 6.54 Å². The average molecular weight is 246 g/mol. The minimum atomic E-state index is 0.639. The lowest BCUT2D eigenvalue weighted by Crippen LogP contribution is -2.54. The third-order valence-corrected chi connectivity index (χ3v) is 3.89. The molecule has 0 bridgehead atoms. The van der Waals surface area contributed by atoms with Gasteiger partial charge in [0.2, 0.25) is 0 Å². The maximum Gasteiger partial charge on any atom is 0.0193 e. The molecule has 0 aromatic heterocycles. The van der Waals surface area contributed by atoms with Crippen LogP contribution in [-0.4, -0.2) is 36.6 Å². The standard InChI is InChI=1S/C16H26N2/c1-13-6-4-7-16(10-13)8-5-9-18-12-14(2)17-11-15(18)3/h4,6-7,10,14-15,17H,5,8-9,11-12H2,1-3H3/t14-,15+/m0/s1. The molecule has 100 valence electrons. The van der Waals surface area contributed by atoms with Crippen LogP contribution in [0.25, 0.3) is 0 Å². The zero-order valence-corrected chi connectivity index (χ0v) is 11.9. The van der Waals surface area contributed by atoms with Crippen LogP contribution in [0.4, 0.5) is 0 Å². The van der Waals surface area contributed by atoms with Gasteiger partial charge in [-0.05, 0) is 45.7 Å². The molecule has 2 heteroatoms. The smallest absolute Gasteiger partial charge is 0.0193 e. The zero-order valence-electron chi connectivity index (χ0n) is 11.9. The molecule has 2 rings (SSSR count). The Kier molecular flexibility index (Phi) is 4.79. The van der Waals surface area contributed by atoms with Gasteiger partial charge in [-0.25, -0.2) is 0 Å². The van der Waals surface area contributed by atoms with Crippen LogP contribution in [-0.2, 0) is 6.42 Å². The highest BCUT2D eigenvalue weighted by atomic mass is 15.2. The largest absolute Gasteiger partial charge is 0.311 e. The van der Waals surface area contributed by atoms with Crippen LogP contribution in [0.5, 0.6) is 0 Å². The van der Waals surface area contributed by atoms with Crippen molar-refractivity contribution < 1.29 is 0 Å². The van der Waals surface area contributed by atoms with Gasteiger partial charge in [0.25, 0.3) is 0 Å². The molecule has 0 aliphatic carbocycles. The molecule has 18 heavy (non-hydrogen) atoms. The summed E-state index contributed by atoms with van der Waals surface area (Å²) in [7, 11) is 0. The maximum atomic E-state index is 3.54. The van der Waals surface area contributed by atoms with Gasteiger partial charge in [-0.15, -0.1) is 0 Å². The third-order valence-electron chi connectivity index (χ3n) is 3.89. The normalized spacial score (nSPS) is 25.3. The van der Waals surface area contributed by atoms with Crippen LogP contribution < -0.4 is 5.32 Å². The fourth-order valence-corrected chi connectivity index (χ4v) is 2.76. The van der Waals surface area contributed by atoms with Crippen molar-refractivity contribution in [3.8, 4) is 0 Å². The maximum absolute atomic E-state index is 3.54. The highest BCUT2D eigenvalue weighted by Gasteiger charge is 2.21. The summed E-state index contributed by atoms with van der Waals surface area (Å²) in [5.41, 5.74) is 2.85. The summed E-state index contributed by atoms with van der Waals surface area (Å²) in [6.07, 6.45) is 2.47. The van der Waals surface area contributed by atoms with Gasteiger partial charge in [0, 0.05) is 25.2 Å². The molecule has 0 spiro atoms. The molecule has 1 heterocycles. The number of aryl methyl sites for hydroxylation is 2. The molecule has 0 unspecified atom stereocenters. The van der Waals surface area contributed by atoms with Crippen LogP contribution in [0.3, 0.4) is 0 Å². The zero-order chi connectivity index (χ0) is 13.0. The first-order chi connectivity index (χ1) is 8.65. The third kappa shape index (κ3) is 3.82. The van der Waals surface area contributed by atoms with Gasteiger partial charge in [0.1, 0.15) is 0 Å². The summed E-state index contributed by atoms with van der Waals surface area (Å²) in [6, 6.07) is 10.2. The van der Waals surface area contributed by atoms with Gasteiger partial charge < -0.3 is 5.32 Å². The van der Waals surface area contributed by atoms with E-state index in [0.29, 0.717) is 12.1 Å². The second-order valence-electron chi connectivity index (χ2n) is 5.75. The number of nitrogens with one attached hydrogen (secondary N) is 1. The molecular formula is C16H26N2. The molecule has 0 radical (unpaired) electrons. The molecule has 1 N–H and O–H groups in total. The minimum absolute atomic E-state index is 0.639. The molecule has 1 aromatic carbocycles. The molecule has 2 nitrogen and oxygen atoms in total. The fraction of sp³-hybridized carbons (Fsp3) is 0.625. The lowest BCUT2D eigenvalue weighted by Gasteiger charge is -2.37. The van der Waals surface area contributed by atoms with E-state index in [2.05, 4.69) is 55.3 Å². The summed E-state index contributed by atoms with van der Waals surface area (Å²) < 4.78 is 0. The average Bonchev–Trinajstić information content (AvgIpc) is 2.34. The van der Waals surface area contributed by atoms with Gasteiger partial charge in [-0.2, -0.15) is 0 Å². The predicted molar refractivity (Wildman–Crippen MR) is 78.0 cm³/mol. The first-order valence-electron chi connectivity index (χ1n) is 7.18. The topological polar surface area (TPSA) is 15.3 Å². The molecule has 1 aliphatic heterocycles. The van der Waals surface area contributed by atoms with E-state index in [-0.39, 0.29) is 0 Å². The van der Waals surface area contributed by atoms with E-state index in [4.69, 9.17) is 0 Å². The highest BCUT2D eigenvalue weighted by Crippen LogP contribution is 2.10. The molecule has 0 saturated carbocycles. The molecule has 2 atom stereocenters. The Morgan fingerprint density at radius 3 is 2.94 bits per heavy atom. The Hall–Kier alpha value is -0.860. The van der Waals surface area contributed by atoms with E-state index in [1.54, 1.807) is 0 Å². The van der Waals surface area contributed by atoms with Crippen LogP contribution in [0.15, 0.2) is 24.3 Å². The van der Waals surface area contributed by atoms with E-state index in [1.807, 2.05) is 0 Å². The van der Waals surface area contributed by atoms with E-state index in [1.165, 1.54) is 37.1 Å². The van der Waals surface area contributed by atoms with Crippen molar-refractivity contribution in [3.05, 3.63) is 35.4 Å².